The van der Waals surface area contributed by atoms with E-state index >= 15 is 0 Å². The molecule has 0 bridgehead atoms. The van der Waals surface area contributed by atoms with Gasteiger partial charge in [-0.05, 0) is 82.7 Å². The summed E-state index contributed by atoms with van der Waals surface area (Å²) < 4.78 is 62.8. The van der Waals surface area contributed by atoms with Crippen LogP contribution in [0.1, 0.15) is 57.8 Å². The zero-order valence-electron chi connectivity index (χ0n) is 23.1. The number of nitrogens with zero attached hydrogens (tertiary/aromatic N) is 3. The van der Waals surface area contributed by atoms with E-state index in [0.29, 0.717) is 45.1 Å². The highest BCUT2D eigenvalue weighted by Crippen LogP contribution is 2.53. The van der Waals surface area contributed by atoms with Crippen molar-refractivity contribution < 1.29 is 27.1 Å². The molecule has 11 heteroatoms. The van der Waals surface area contributed by atoms with Gasteiger partial charge in [0, 0.05) is 37.0 Å². The van der Waals surface area contributed by atoms with E-state index in [0.717, 1.165) is 51.7 Å². The van der Waals surface area contributed by atoms with Crippen LogP contribution in [-0.2, 0) is 9.53 Å². The molecule has 0 radical (unpaired) electrons. The van der Waals surface area contributed by atoms with Crippen LogP contribution in [0.15, 0.2) is 0 Å². The van der Waals surface area contributed by atoms with Gasteiger partial charge in [-0.2, -0.15) is 13.2 Å². The fourth-order valence-corrected chi connectivity index (χ4v) is 8.89. The first-order chi connectivity index (χ1) is 18.6. The van der Waals surface area contributed by atoms with E-state index in [1.165, 1.54) is 0 Å². The molecule has 2 N–H and O–H groups in total. The lowest BCUT2D eigenvalue weighted by Crippen LogP contribution is -2.56. The van der Waals surface area contributed by atoms with Crippen LogP contribution in [0.2, 0.25) is 0 Å². The summed E-state index contributed by atoms with van der Waals surface area (Å²) in [5, 5.41) is 0. The van der Waals surface area contributed by atoms with Crippen molar-refractivity contribution in [1.29, 1.82) is 0 Å². The lowest BCUT2D eigenvalue weighted by atomic mass is 9.64. The quantitative estimate of drug-likeness (QED) is 0.487. The predicted molar refractivity (Wildman–Crippen MR) is 138 cm³/mol. The smallest absolute Gasteiger partial charge is 0.380 e. The first-order valence-electron chi connectivity index (χ1n) is 15.1. The second kappa shape index (κ2) is 11.0. The van der Waals surface area contributed by atoms with E-state index in [2.05, 4.69) is 22.8 Å². The average molecular weight is 560 g/mol. The van der Waals surface area contributed by atoms with Gasteiger partial charge in [-0.1, -0.05) is 6.42 Å². The molecule has 2 saturated carbocycles. The van der Waals surface area contributed by atoms with Gasteiger partial charge < -0.3 is 14.5 Å². The number of hydrogen-bond acceptors (Lipinski definition) is 6. The Hall–Kier alpha value is -1.01. The van der Waals surface area contributed by atoms with Gasteiger partial charge in [0.05, 0.1) is 32.0 Å². The Balaban J connectivity index is 1.14. The SMILES string of the molecule is CN1CNNC1CC1(C2CCCC(N3CC4C(CC(CN5CCC[C@@H](F)C5)CC4C(F)(F)F)C3=O)C2)COC1. The number of nitrogens with one attached hydrogen (secondary N) is 2. The van der Waals surface area contributed by atoms with Crippen molar-refractivity contribution in [2.24, 2.45) is 35.0 Å². The Morgan fingerprint density at radius 1 is 1.08 bits per heavy atom. The monoisotopic (exact) mass is 559 g/mol. The number of ether oxygens (including phenoxy) is 1. The highest BCUT2D eigenvalue weighted by atomic mass is 19.4. The van der Waals surface area contributed by atoms with Crippen molar-refractivity contribution in [3.8, 4) is 0 Å². The Kier molecular flexibility index (Phi) is 7.93. The number of hydrogen-bond donors (Lipinski definition) is 2. The fraction of sp³-hybridized carbons (Fsp3) is 0.964. The van der Waals surface area contributed by atoms with Gasteiger partial charge in [-0.3, -0.25) is 9.69 Å². The standard InChI is InChI=1S/C28H45F4N5O2/c1-35-17-33-34-25(35)11-27(15-39-16-27)19-4-2-6-21(10-19)37-14-23-22(26(37)38)8-18(9-24(23)28(30,31)32)12-36-7-3-5-20(29)13-36/h18-25,33-34H,2-17H2,1H3/t18?,19?,20-,21?,22?,23?,24?,25?/m1/s1. The zero-order chi connectivity index (χ0) is 27.4. The summed E-state index contributed by atoms with van der Waals surface area (Å²) in [4.78, 5) is 19.9. The fourth-order valence-electron chi connectivity index (χ4n) is 8.89. The van der Waals surface area contributed by atoms with E-state index in [-0.39, 0.29) is 42.4 Å². The summed E-state index contributed by atoms with van der Waals surface area (Å²) >= 11 is 0. The van der Waals surface area contributed by atoms with E-state index in [1.54, 1.807) is 0 Å². The van der Waals surface area contributed by atoms with Crippen LogP contribution in [0, 0.1) is 35.0 Å². The lowest BCUT2D eigenvalue weighted by Gasteiger charge is -2.52. The van der Waals surface area contributed by atoms with Crippen LogP contribution >= 0.6 is 0 Å². The van der Waals surface area contributed by atoms with Gasteiger partial charge in [-0.15, -0.1) is 0 Å². The second-order valence-corrected chi connectivity index (χ2v) is 13.6. The van der Waals surface area contributed by atoms with Crippen LogP contribution in [0.5, 0.6) is 0 Å². The van der Waals surface area contributed by atoms with Gasteiger partial charge in [0.2, 0.25) is 5.91 Å². The number of hydrazine groups is 1. The van der Waals surface area contributed by atoms with E-state index < -0.39 is 30.1 Å². The van der Waals surface area contributed by atoms with Crippen molar-refractivity contribution in [3.05, 3.63) is 0 Å². The predicted octanol–water partition coefficient (Wildman–Crippen LogP) is 3.37. The van der Waals surface area contributed by atoms with Crippen molar-refractivity contribution in [3.63, 3.8) is 0 Å². The molecule has 4 heterocycles. The number of likely N-dealkylation sites (tertiary alicyclic amines) is 2. The van der Waals surface area contributed by atoms with Crippen molar-refractivity contribution >= 4 is 5.91 Å². The summed E-state index contributed by atoms with van der Waals surface area (Å²) in [6, 6.07) is 0.00782. The number of fused-ring (bicyclic) bond motifs is 1. The Bertz CT molecular complexity index is 889. The summed E-state index contributed by atoms with van der Waals surface area (Å²) in [5.41, 5.74) is 6.61. The number of carbonyl (C=O) groups is 1. The van der Waals surface area contributed by atoms with Crippen molar-refractivity contribution in [2.75, 3.05) is 53.1 Å². The van der Waals surface area contributed by atoms with Gasteiger partial charge >= 0.3 is 6.18 Å². The van der Waals surface area contributed by atoms with Gasteiger partial charge in [0.25, 0.3) is 0 Å². The molecule has 6 fully saturated rings. The molecule has 0 aromatic rings. The summed E-state index contributed by atoms with van der Waals surface area (Å²) in [5.74, 6) is -2.56. The Morgan fingerprint density at radius 2 is 1.90 bits per heavy atom. The molecule has 8 atom stereocenters. The minimum Gasteiger partial charge on any atom is -0.380 e. The average Bonchev–Trinajstić information content (AvgIpc) is 3.43. The van der Waals surface area contributed by atoms with Crippen LogP contribution in [0.3, 0.4) is 0 Å². The van der Waals surface area contributed by atoms with Gasteiger partial charge in [0.15, 0.2) is 0 Å². The number of rotatable bonds is 6. The molecule has 4 aliphatic heterocycles. The van der Waals surface area contributed by atoms with Crippen LogP contribution in [0.25, 0.3) is 0 Å². The van der Waals surface area contributed by atoms with Gasteiger partial charge in [-0.25, -0.2) is 15.2 Å². The molecular formula is C28H45F4N5O2. The number of alkyl halides is 4. The summed E-state index contributed by atoms with van der Waals surface area (Å²) in [7, 11) is 2.09. The van der Waals surface area contributed by atoms with Crippen LogP contribution in [0.4, 0.5) is 17.6 Å². The van der Waals surface area contributed by atoms with E-state index in [1.807, 2.05) is 9.80 Å². The largest absolute Gasteiger partial charge is 0.392 e. The molecule has 6 aliphatic rings. The first-order valence-corrected chi connectivity index (χ1v) is 15.1. The Labute approximate surface area is 229 Å². The van der Waals surface area contributed by atoms with Crippen molar-refractivity contribution in [1.82, 2.24) is 25.6 Å². The molecule has 39 heavy (non-hydrogen) atoms. The number of amides is 1. The minimum absolute atomic E-state index is 0.00782. The van der Waals surface area contributed by atoms with Crippen molar-refractivity contribution in [2.45, 2.75) is 82.3 Å². The molecular weight excluding hydrogens is 514 g/mol. The highest BCUT2D eigenvalue weighted by molar-refractivity contribution is 5.82. The topological polar surface area (TPSA) is 60.1 Å². The number of carbonyl (C=O) groups excluding carboxylic acids is 1. The third-order valence-corrected chi connectivity index (χ3v) is 11.1. The number of piperidine rings is 1. The lowest BCUT2D eigenvalue weighted by molar-refractivity contribution is -0.204. The molecule has 0 aromatic carbocycles. The maximum absolute atomic E-state index is 14.4. The molecule has 1 amide bonds. The maximum atomic E-state index is 14.4. The molecule has 0 spiro atoms. The summed E-state index contributed by atoms with van der Waals surface area (Å²) in [6.07, 6.45) is 1.59. The summed E-state index contributed by atoms with van der Waals surface area (Å²) in [6.45, 7) is 3.95. The first kappa shape index (κ1) is 28.1. The third kappa shape index (κ3) is 5.59. The van der Waals surface area contributed by atoms with Crippen LogP contribution < -0.4 is 10.9 Å². The molecule has 7 nitrogen and oxygen atoms in total. The van der Waals surface area contributed by atoms with E-state index in [9.17, 15) is 22.4 Å². The Morgan fingerprint density at radius 3 is 2.56 bits per heavy atom. The van der Waals surface area contributed by atoms with Crippen LogP contribution in [-0.4, -0.2) is 98.3 Å². The van der Waals surface area contributed by atoms with Gasteiger partial charge in [0.1, 0.15) is 6.17 Å². The normalized spacial score (nSPS) is 42.0. The third-order valence-electron chi connectivity index (χ3n) is 11.1. The molecule has 7 unspecified atom stereocenters. The molecule has 4 saturated heterocycles. The molecule has 2 aliphatic carbocycles. The molecule has 222 valence electrons. The molecule has 0 aromatic heterocycles. The highest BCUT2D eigenvalue weighted by Gasteiger charge is 2.58. The zero-order valence-corrected chi connectivity index (χ0v) is 23.1. The van der Waals surface area contributed by atoms with E-state index in [4.69, 9.17) is 4.74 Å². The maximum Gasteiger partial charge on any atom is 0.392 e. The minimum atomic E-state index is -4.32. The number of halogens is 4. The molecule has 6 rings (SSSR count). The second-order valence-electron chi connectivity index (χ2n) is 13.6.